The van der Waals surface area contributed by atoms with Crippen LogP contribution in [0.25, 0.3) is 0 Å². The van der Waals surface area contributed by atoms with Crippen molar-refractivity contribution >= 4 is 0 Å². The van der Waals surface area contributed by atoms with Crippen LogP contribution in [0, 0.1) is 5.92 Å². The normalized spacial score (nSPS) is 22.4. The summed E-state index contributed by atoms with van der Waals surface area (Å²) in [6.07, 6.45) is 9.87. The lowest BCUT2D eigenvalue weighted by Gasteiger charge is -2.40. The number of nitrogens with zero attached hydrogens (tertiary/aromatic N) is 2. The molecule has 0 atom stereocenters. The summed E-state index contributed by atoms with van der Waals surface area (Å²) in [6, 6.07) is 0. The third-order valence-corrected chi connectivity index (χ3v) is 4.49. The Balaban J connectivity index is 1.94. The summed E-state index contributed by atoms with van der Waals surface area (Å²) in [5, 5.41) is 3.78. The summed E-state index contributed by atoms with van der Waals surface area (Å²) in [5.41, 5.74) is 3.09. The molecule has 3 rings (SSSR count). The zero-order chi connectivity index (χ0) is 12.6. The van der Waals surface area contributed by atoms with Crippen molar-refractivity contribution in [2.45, 2.75) is 64.5 Å². The molecular formula is C15H25N3. The minimum absolute atomic E-state index is 0.216. The van der Waals surface area contributed by atoms with Crippen LogP contribution in [0.3, 0.4) is 0 Å². The zero-order valence-electron chi connectivity index (χ0n) is 11.7. The van der Waals surface area contributed by atoms with E-state index in [9.17, 15) is 0 Å². The number of fused-ring (bicyclic) bond motifs is 2. The highest BCUT2D eigenvalue weighted by molar-refractivity contribution is 5.27. The topological polar surface area (TPSA) is 29.9 Å². The predicted molar refractivity (Wildman–Crippen MR) is 73.5 cm³/mol. The molecule has 1 fully saturated rings. The average molecular weight is 247 g/mol. The van der Waals surface area contributed by atoms with E-state index in [1.807, 2.05) is 0 Å². The molecule has 100 valence electrons. The fraction of sp³-hybridized carbons (Fsp3) is 0.800. The number of nitrogens with one attached hydrogen (secondary N) is 1. The molecule has 3 nitrogen and oxygen atoms in total. The molecule has 18 heavy (non-hydrogen) atoms. The first-order valence-corrected chi connectivity index (χ1v) is 7.51. The maximum Gasteiger partial charge on any atom is 0.0952 e. The molecule has 0 radical (unpaired) electrons. The predicted octanol–water partition coefficient (Wildman–Crippen LogP) is 2.84. The van der Waals surface area contributed by atoms with E-state index >= 15 is 0 Å². The van der Waals surface area contributed by atoms with Crippen molar-refractivity contribution in [3.05, 3.63) is 17.7 Å². The first-order valence-electron chi connectivity index (χ1n) is 7.51. The standard InChI is InChI=1S/C15H25N3/c1-12(2)10-18-11-16-14-13(18)6-9-17-15(14)7-4-3-5-8-15/h11-12,17H,3-10H2,1-2H3. The summed E-state index contributed by atoms with van der Waals surface area (Å²) in [4.78, 5) is 4.79. The van der Waals surface area contributed by atoms with Gasteiger partial charge in [0.25, 0.3) is 0 Å². The molecule has 0 aromatic carbocycles. The highest BCUT2D eigenvalue weighted by atomic mass is 15.1. The van der Waals surface area contributed by atoms with Crippen molar-refractivity contribution in [1.82, 2.24) is 14.9 Å². The highest BCUT2D eigenvalue weighted by Gasteiger charge is 2.40. The molecule has 2 aliphatic rings. The molecule has 1 saturated carbocycles. The van der Waals surface area contributed by atoms with E-state index < -0.39 is 0 Å². The van der Waals surface area contributed by atoms with Gasteiger partial charge in [0.05, 0.1) is 17.6 Å². The quantitative estimate of drug-likeness (QED) is 0.871. The minimum Gasteiger partial charge on any atom is -0.334 e. The van der Waals surface area contributed by atoms with E-state index in [4.69, 9.17) is 4.98 Å². The first-order chi connectivity index (χ1) is 8.71. The van der Waals surface area contributed by atoms with Crippen molar-refractivity contribution in [2.24, 2.45) is 5.92 Å². The second-order valence-electron chi connectivity index (χ2n) is 6.41. The summed E-state index contributed by atoms with van der Waals surface area (Å²) in [6.45, 7) is 6.79. The molecule has 0 unspecified atom stereocenters. The fourth-order valence-electron chi connectivity index (χ4n) is 3.69. The second kappa shape index (κ2) is 4.69. The lowest BCUT2D eigenvalue weighted by molar-refractivity contribution is 0.215. The molecule has 0 saturated heterocycles. The largest absolute Gasteiger partial charge is 0.334 e. The van der Waals surface area contributed by atoms with E-state index in [0.717, 1.165) is 19.5 Å². The number of aromatic nitrogens is 2. The summed E-state index contributed by atoms with van der Waals surface area (Å²) in [7, 11) is 0. The van der Waals surface area contributed by atoms with Crippen LogP contribution in [0.4, 0.5) is 0 Å². The van der Waals surface area contributed by atoms with Crippen LogP contribution in [0.2, 0.25) is 0 Å². The second-order valence-corrected chi connectivity index (χ2v) is 6.41. The fourth-order valence-corrected chi connectivity index (χ4v) is 3.69. The van der Waals surface area contributed by atoms with Crippen LogP contribution in [0.5, 0.6) is 0 Å². The van der Waals surface area contributed by atoms with Gasteiger partial charge in [-0.3, -0.25) is 0 Å². The molecule has 2 heterocycles. The van der Waals surface area contributed by atoms with Gasteiger partial charge in [-0.2, -0.15) is 0 Å². The van der Waals surface area contributed by atoms with Crippen molar-refractivity contribution < 1.29 is 0 Å². The monoisotopic (exact) mass is 247 g/mol. The smallest absolute Gasteiger partial charge is 0.0952 e. The van der Waals surface area contributed by atoms with Gasteiger partial charge in [-0.1, -0.05) is 33.1 Å². The van der Waals surface area contributed by atoms with Gasteiger partial charge in [-0.15, -0.1) is 0 Å². The van der Waals surface area contributed by atoms with E-state index in [2.05, 4.69) is 30.1 Å². The number of hydrogen-bond acceptors (Lipinski definition) is 2. The van der Waals surface area contributed by atoms with Crippen LogP contribution in [-0.2, 0) is 18.5 Å². The molecule has 1 aromatic rings. The van der Waals surface area contributed by atoms with Crippen molar-refractivity contribution in [3.8, 4) is 0 Å². The number of rotatable bonds is 2. The Kier molecular flexibility index (Phi) is 3.18. The molecule has 0 amide bonds. The van der Waals surface area contributed by atoms with Crippen molar-refractivity contribution in [2.75, 3.05) is 6.54 Å². The van der Waals surface area contributed by atoms with Crippen molar-refractivity contribution in [3.63, 3.8) is 0 Å². The number of hydrogen-bond donors (Lipinski definition) is 1. The summed E-state index contributed by atoms with van der Waals surface area (Å²) in [5.74, 6) is 0.695. The molecule has 1 spiro atoms. The van der Waals surface area contributed by atoms with Crippen molar-refractivity contribution in [1.29, 1.82) is 0 Å². The van der Waals surface area contributed by atoms with Gasteiger partial charge in [0.1, 0.15) is 0 Å². The molecule has 3 heteroatoms. The molecule has 1 aliphatic carbocycles. The van der Waals surface area contributed by atoms with Crippen LogP contribution in [-0.4, -0.2) is 16.1 Å². The lowest BCUT2D eigenvalue weighted by Crippen LogP contribution is -2.49. The van der Waals surface area contributed by atoms with Crippen LogP contribution in [0.1, 0.15) is 57.3 Å². The van der Waals surface area contributed by atoms with Gasteiger partial charge in [0, 0.05) is 25.2 Å². The van der Waals surface area contributed by atoms with Gasteiger partial charge < -0.3 is 9.88 Å². The zero-order valence-corrected chi connectivity index (χ0v) is 11.7. The van der Waals surface area contributed by atoms with Crippen LogP contribution < -0.4 is 5.32 Å². The average Bonchev–Trinajstić information content (AvgIpc) is 2.75. The van der Waals surface area contributed by atoms with Crippen LogP contribution in [0.15, 0.2) is 6.33 Å². The van der Waals surface area contributed by atoms with Gasteiger partial charge >= 0.3 is 0 Å². The Morgan fingerprint density at radius 1 is 1.33 bits per heavy atom. The Bertz CT molecular complexity index is 413. The van der Waals surface area contributed by atoms with Gasteiger partial charge in [-0.25, -0.2) is 4.98 Å². The third kappa shape index (κ3) is 1.99. The molecule has 0 bridgehead atoms. The maximum atomic E-state index is 4.79. The lowest BCUT2D eigenvalue weighted by atomic mass is 9.76. The third-order valence-electron chi connectivity index (χ3n) is 4.49. The van der Waals surface area contributed by atoms with Gasteiger partial charge in [0.2, 0.25) is 0 Å². The summed E-state index contributed by atoms with van der Waals surface area (Å²) < 4.78 is 2.40. The molecule has 1 aliphatic heterocycles. The molecule has 1 N–H and O–H groups in total. The minimum atomic E-state index is 0.216. The Hall–Kier alpha value is -0.830. The SMILES string of the molecule is CC(C)Cn1cnc2c1CCNC21CCCCC1. The van der Waals surface area contributed by atoms with E-state index in [1.165, 1.54) is 43.5 Å². The van der Waals surface area contributed by atoms with Gasteiger partial charge in [-0.05, 0) is 18.8 Å². The Labute approximate surface area is 110 Å². The number of imidazole rings is 1. The maximum absolute atomic E-state index is 4.79. The van der Waals surface area contributed by atoms with Gasteiger partial charge in [0.15, 0.2) is 0 Å². The van der Waals surface area contributed by atoms with Crippen LogP contribution >= 0.6 is 0 Å². The van der Waals surface area contributed by atoms with E-state index in [0.29, 0.717) is 5.92 Å². The highest BCUT2D eigenvalue weighted by Crippen LogP contribution is 2.39. The van der Waals surface area contributed by atoms with E-state index in [-0.39, 0.29) is 5.54 Å². The summed E-state index contributed by atoms with van der Waals surface area (Å²) >= 11 is 0. The van der Waals surface area contributed by atoms with E-state index in [1.54, 1.807) is 0 Å². The first kappa shape index (κ1) is 12.2. The Morgan fingerprint density at radius 2 is 2.11 bits per heavy atom. The molecule has 1 aromatic heterocycles. The molecular weight excluding hydrogens is 222 g/mol. The Morgan fingerprint density at radius 3 is 2.83 bits per heavy atom.